The lowest BCUT2D eigenvalue weighted by atomic mass is 10.1. The highest BCUT2D eigenvalue weighted by Crippen LogP contribution is 2.29. The molecule has 1 aromatic heterocycles. The van der Waals surface area contributed by atoms with E-state index in [2.05, 4.69) is 10.3 Å². The van der Waals surface area contributed by atoms with Crippen molar-refractivity contribution in [2.75, 3.05) is 0 Å². The van der Waals surface area contributed by atoms with Gasteiger partial charge in [-0.25, -0.2) is 0 Å². The molecular weight excluding hydrogens is 333 g/mol. The molecule has 2 aromatic rings. The van der Waals surface area contributed by atoms with E-state index < -0.39 is 6.04 Å². The van der Waals surface area contributed by atoms with Gasteiger partial charge in [-0.2, -0.15) is 5.26 Å². The smallest absolute Gasteiger partial charge is 0.221 e. The van der Waals surface area contributed by atoms with E-state index in [1.165, 1.54) is 0 Å². The van der Waals surface area contributed by atoms with Gasteiger partial charge in [0.1, 0.15) is 6.04 Å². The minimum absolute atomic E-state index is 0.205. The van der Waals surface area contributed by atoms with Crippen LogP contribution in [0.1, 0.15) is 30.1 Å². The number of nitrogens with one attached hydrogen (secondary N) is 1. The van der Waals surface area contributed by atoms with Crippen LogP contribution in [0.5, 0.6) is 0 Å². The van der Waals surface area contributed by atoms with E-state index in [1.807, 2.05) is 24.3 Å². The van der Waals surface area contributed by atoms with E-state index in [0.29, 0.717) is 29.8 Å². The van der Waals surface area contributed by atoms with Crippen molar-refractivity contribution in [1.82, 2.24) is 10.3 Å². The number of rotatable bonds is 6. The molecule has 1 heterocycles. The summed E-state index contributed by atoms with van der Waals surface area (Å²) in [4.78, 5) is 16.2. The minimum Gasteiger partial charge on any atom is -0.337 e. The Balaban J connectivity index is 1.90. The lowest BCUT2D eigenvalue weighted by molar-refractivity contribution is -0.121. The first kappa shape index (κ1) is 17.3. The molecule has 0 aliphatic carbocycles. The molecular formula is C17H15Cl2N3O. The SMILES string of the molecule is N#CC(NC(=O)CCCc1ccccn1)c1cccc(Cl)c1Cl. The normalized spacial score (nSPS) is 11.5. The summed E-state index contributed by atoms with van der Waals surface area (Å²) in [6.07, 6.45) is 3.41. The van der Waals surface area contributed by atoms with Gasteiger partial charge in [0.2, 0.25) is 5.91 Å². The van der Waals surface area contributed by atoms with E-state index in [4.69, 9.17) is 23.2 Å². The second kappa shape index (κ2) is 8.52. The zero-order valence-electron chi connectivity index (χ0n) is 12.3. The summed E-state index contributed by atoms with van der Waals surface area (Å²) in [7, 11) is 0. The third-order valence-corrected chi connectivity index (χ3v) is 4.12. The molecule has 6 heteroatoms. The van der Waals surface area contributed by atoms with Gasteiger partial charge in [-0.1, -0.05) is 41.4 Å². The molecule has 0 bridgehead atoms. The van der Waals surface area contributed by atoms with Crippen molar-refractivity contribution in [2.24, 2.45) is 0 Å². The van der Waals surface area contributed by atoms with Gasteiger partial charge in [0.25, 0.3) is 0 Å². The highest BCUT2D eigenvalue weighted by molar-refractivity contribution is 6.42. The van der Waals surface area contributed by atoms with Crippen LogP contribution < -0.4 is 5.32 Å². The van der Waals surface area contributed by atoms with Crippen molar-refractivity contribution in [3.05, 3.63) is 63.9 Å². The summed E-state index contributed by atoms with van der Waals surface area (Å²) < 4.78 is 0. The molecule has 0 aliphatic heterocycles. The number of aryl methyl sites for hydroxylation is 1. The maximum absolute atomic E-state index is 12.0. The van der Waals surface area contributed by atoms with Crippen LogP contribution in [0.4, 0.5) is 0 Å². The number of nitrogens with zero attached hydrogens (tertiary/aromatic N) is 2. The Morgan fingerprint density at radius 1 is 1.26 bits per heavy atom. The molecule has 1 amide bonds. The molecule has 1 N–H and O–H groups in total. The molecule has 0 saturated carbocycles. The lowest BCUT2D eigenvalue weighted by Crippen LogP contribution is -2.27. The third kappa shape index (κ3) is 4.95. The minimum atomic E-state index is -0.816. The largest absolute Gasteiger partial charge is 0.337 e. The van der Waals surface area contributed by atoms with Crippen LogP contribution in [0.3, 0.4) is 0 Å². The first-order valence-electron chi connectivity index (χ1n) is 7.14. The number of hydrogen-bond acceptors (Lipinski definition) is 3. The quantitative estimate of drug-likeness (QED) is 0.855. The fourth-order valence-electron chi connectivity index (χ4n) is 2.13. The fraction of sp³-hybridized carbons (Fsp3) is 0.235. The van der Waals surface area contributed by atoms with E-state index in [0.717, 1.165) is 5.69 Å². The van der Waals surface area contributed by atoms with E-state index in [1.54, 1.807) is 24.4 Å². The van der Waals surface area contributed by atoms with Crippen molar-refractivity contribution in [3.8, 4) is 6.07 Å². The van der Waals surface area contributed by atoms with Gasteiger partial charge in [-0.15, -0.1) is 0 Å². The van der Waals surface area contributed by atoms with Gasteiger partial charge in [-0.3, -0.25) is 9.78 Å². The van der Waals surface area contributed by atoms with Gasteiger partial charge < -0.3 is 5.32 Å². The molecule has 4 nitrogen and oxygen atoms in total. The highest BCUT2D eigenvalue weighted by Gasteiger charge is 2.17. The van der Waals surface area contributed by atoms with E-state index in [-0.39, 0.29) is 10.9 Å². The van der Waals surface area contributed by atoms with Crippen LogP contribution in [0.2, 0.25) is 10.0 Å². The molecule has 1 unspecified atom stereocenters. The zero-order valence-corrected chi connectivity index (χ0v) is 13.8. The second-order valence-corrected chi connectivity index (χ2v) is 5.73. The number of hydrogen-bond donors (Lipinski definition) is 1. The summed E-state index contributed by atoms with van der Waals surface area (Å²) in [5.74, 6) is -0.205. The topological polar surface area (TPSA) is 65.8 Å². The van der Waals surface area contributed by atoms with Gasteiger partial charge in [0, 0.05) is 23.9 Å². The van der Waals surface area contributed by atoms with Crippen LogP contribution >= 0.6 is 23.2 Å². The average molecular weight is 348 g/mol. The van der Waals surface area contributed by atoms with Crippen molar-refractivity contribution in [1.29, 1.82) is 5.26 Å². The second-order valence-electron chi connectivity index (χ2n) is 4.95. The van der Waals surface area contributed by atoms with Gasteiger partial charge in [-0.05, 0) is 31.0 Å². The van der Waals surface area contributed by atoms with E-state index >= 15 is 0 Å². The fourth-order valence-corrected chi connectivity index (χ4v) is 2.55. The van der Waals surface area contributed by atoms with Gasteiger partial charge >= 0.3 is 0 Å². The monoisotopic (exact) mass is 347 g/mol. The molecule has 23 heavy (non-hydrogen) atoms. The molecule has 0 aliphatic rings. The number of carbonyl (C=O) groups excluding carboxylic acids is 1. The standard InChI is InChI=1S/C17H15Cl2N3O/c18-14-8-4-7-13(17(14)19)15(11-20)22-16(23)9-3-6-12-5-1-2-10-21-12/h1-2,4-5,7-8,10,15H,3,6,9H2,(H,22,23). The Kier molecular flexibility index (Phi) is 6.40. The maximum atomic E-state index is 12.0. The van der Waals surface area contributed by atoms with Crippen molar-refractivity contribution >= 4 is 29.1 Å². The zero-order chi connectivity index (χ0) is 16.7. The third-order valence-electron chi connectivity index (χ3n) is 3.29. The molecule has 0 saturated heterocycles. The van der Waals surface area contributed by atoms with Crippen molar-refractivity contribution < 1.29 is 4.79 Å². The first-order chi connectivity index (χ1) is 11.1. The van der Waals surface area contributed by atoms with Crippen LogP contribution in [-0.2, 0) is 11.2 Å². The summed E-state index contributed by atoms with van der Waals surface area (Å²) in [6, 6.07) is 11.9. The number of amides is 1. The van der Waals surface area contributed by atoms with Crippen LogP contribution in [-0.4, -0.2) is 10.9 Å². The first-order valence-corrected chi connectivity index (χ1v) is 7.90. The Morgan fingerprint density at radius 3 is 2.78 bits per heavy atom. The van der Waals surface area contributed by atoms with Crippen molar-refractivity contribution in [3.63, 3.8) is 0 Å². The Bertz CT molecular complexity index is 714. The Labute approximate surface area is 145 Å². The van der Waals surface area contributed by atoms with Crippen LogP contribution in [0.15, 0.2) is 42.6 Å². The Hall–Kier alpha value is -2.09. The van der Waals surface area contributed by atoms with E-state index in [9.17, 15) is 10.1 Å². The number of carbonyl (C=O) groups is 1. The molecule has 0 spiro atoms. The summed E-state index contributed by atoms with van der Waals surface area (Å²) >= 11 is 12.0. The summed E-state index contributed by atoms with van der Waals surface area (Å²) in [5.41, 5.74) is 1.44. The van der Waals surface area contributed by atoms with Gasteiger partial charge in [0.05, 0.1) is 16.1 Å². The summed E-state index contributed by atoms with van der Waals surface area (Å²) in [5, 5.41) is 12.6. The lowest BCUT2D eigenvalue weighted by Gasteiger charge is -2.14. The summed E-state index contributed by atoms with van der Waals surface area (Å²) in [6.45, 7) is 0. The Morgan fingerprint density at radius 2 is 2.09 bits per heavy atom. The molecule has 1 atom stereocenters. The molecule has 0 fully saturated rings. The van der Waals surface area contributed by atoms with Crippen molar-refractivity contribution in [2.45, 2.75) is 25.3 Å². The molecule has 1 aromatic carbocycles. The number of nitriles is 1. The predicted molar refractivity (Wildman–Crippen MR) is 90.1 cm³/mol. The number of benzene rings is 1. The highest BCUT2D eigenvalue weighted by atomic mass is 35.5. The van der Waals surface area contributed by atoms with Crippen LogP contribution in [0, 0.1) is 11.3 Å². The molecule has 118 valence electrons. The number of halogens is 2. The van der Waals surface area contributed by atoms with Crippen LogP contribution in [0.25, 0.3) is 0 Å². The predicted octanol–water partition coefficient (Wildman–Crippen LogP) is 4.09. The number of pyridine rings is 1. The number of aromatic nitrogens is 1. The average Bonchev–Trinajstić information content (AvgIpc) is 2.56. The maximum Gasteiger partial charge on any atom is 0.221 e. The molecule has 2 rings (SSSR count). The molecule has 0 radical (unpaired) electrons. The van der Waals surface area contributed by atoms with Gasteiger partial charge in [0.15, 0.2) is 0 Å².